The number of piperidine rings is 1. The van der Waals surface area contributed by atoms with Gasteiger partial charge in [-0.3, -0.25) is 0 Å². The lowest BCUT2D eigenvalue weighted by Crippen LogP contribution is -2.32. The summed E-state index contributed by atoms with van der Waals surface area (Å²) in [5.41, 5.74) is 9.44. The molecule has 2 heteroatoms. The standard InChI is InChI=1S/C17H20N2/c18-16-7-4-8-17(13-16)19-11-9-15(10-12-19)14-5-2-1-3-6-14/h1-8,13,15H,9-12,18H2. The number of nitrogens with zero attached hydrogens (tertiary/aromatic N) is 1. The third kappa shape index (κ3) is 2.73. The average Bonchev–Trinajstić information content (AvgIpc) is 2.48. The van der Waals surface area contributed by atoms with Gasteiger partial charge in [-0.1, -0.05) is 36.4 Å². The van der Waals surface area contributed by atoms with Crippen molar-refractivity contribution in [2.75, 3.05) is 23.7 Å². The van der Waals surface area contributed by atoms with Crippen molar-refractivity contribution in [1.29, 1.82) is 0 Å². The molecule has 0 aromatic heterocycles. The van der Waals surface area contributed by atoms with Crippen molar-refractivity contribution in [2.45, 2.75) is 18.8 Å². The Bertz CT molecular complexity index is 528. The molecule has 0 amide bonds. The summed E-state index contributed by atoms with van der Waals surface area (Å²) in [7, 11) is 0. The van der Waals surface area contributed by atoms with Gasteiger partial charge in [0.2, 0.25) is 0 Å². The van der Waals surface area contributed by atoms with Gasteiger partial charge in [0, 0.05) is 24.5 Å². The lowest BCUT2D eigenvalue weighted by molar-refractivity contribution is 0.505. The molecular formula is C17H20N2. The Kier molecular flexibility index (Phi) is 3.41. The van der Waals surface area contributed by atoms with E-state index in [2.05, 4.69) is 47.4 Å². The predicted octanol–water partition coefficient (Wildman–Crippen LogP) is 3.65. The first-order chi connectivity index (χ1) is 9.33. The van der Waals surface area contributed by atoms with Crippen molar-refractivity contribution in [3.05, 3.63) is 60.2 Å². The van der Waals surface area contributed by atoms with E-state index in [4.69, 9.17) is 5.73 Å². The second kappa shape index (κ2) is 5.35. The van der Waals surface area contributed by atoms with Crippen LogP contribution in [0.4, 0.5) is 11.4 Å². The quantitative estimate of drug-likeness (QED) is 0.827. The fourth-order valence-electron chi connectivity index (χ4n) is 2.92. The van der Waals surface area contributed by atoms with Crippen LogP contribution in [0, 0.1) is 0 Å². The minimum atomic E-state index is 0.707. The maximum atomic E-state index is 5.86. The molecule has 0 atom stereocenters. The number of hydrogen-bond donors (Lipinski definition) is 1. The highest BCUT2D eigenvalue weighted by atomic mass is 15.1. The highest BCUT2D eigenvalue weighted by Gasteiger charge is 2.20. The van der Waals surface area contributed by atoms with Gasteiger partial charge in [-0.25, -0.2) is 0 Å². The van der Waals surface area contributed by atoms with Gasteiger partial charge in [0.05, 0.1) is 0 Å². The van der Waals surface area contributed by atoms with Crippen LogP contribution in [0.1, 0.15) is 24.3 Å². The molecule has 2 aromatic rings. The lowest BCUT2D eigenvalue weighted by atomic mass is 9.89. The monoisotopic (exact) mass is 252 g/mol. The molecular weight excluding hydrogens is 232 g/mol. The number of benzene rings is 2. The zero-order valence-electron chi connectivity index (χ0n) is 11.1. The van der Waals surface area contributed by atoms with Crippen molar-refractivity contribution in [2.24, 2.45) is 0 Å². The molecule has 1 fully saturated rings. The number of rotatable bonds is 2. The van der Waals surface area contributed by atoms with Crippen molar-refractivity contribution >= 4 is 11.4 Å². The summed E-state index contributed by atoms with van der Waals surface area (Å²) in [5.74, 6) is 0.707. The Morgan fingerprint density at radius 1 is 0.895 bits per heavy atom. The molecule has 1 saturated heterocycles. The fraction of sp³-hybridized carbons (Fsp3) is 0.294. The van der Waals surface area contributed by atoms with Crippen LogP contribution in [-0.4, -0.2) is 13.1 Å². The summed E-state index contributed by atoms with van der Waals surface area (Å²) >= 11 is 0. The molecule has 0 radical (unpaired) electrons. The van der Waals surface area contributed by atoms with Gasteiger partial charge in [-0.15, -0.1) is 0 Å². The second-order valence-corrected chi connectivity index (χ2v) is 5.27. The summed E-state index contributed by atoms with van der Waals surface area (Å²) in [6.45, 7) is 2.23. The van der Waals surface area contributed by atoms with Crippen molar-refractivity contribution in [1.82, 2.24) is 0 Å². The van der Waals surface area contributed by atoms with Gasteiger partial charge in [-0.05, 0) is 42.5 Å². The molecule has 2 N–H and O–H groups in total. The number of nitrogens with two attached hydrogens (primary N) is 1. The maximum absolute atomic E-state index is 5.86. The van der Waals surface area contributed by atoms with E-state index < -0.39 is 0 Å². The smallest absolute Gasteiger partial charge is 0.0386 e. The third-order valence-corrected chi connectivity index (χ3v) is 4.00. The Labute approximate surface area is 114 Å². The van der Waals surface area contributed by atoms with Crippen molar-refractivity contribution < 1.29 is 0 Å². The Balaban J connectivity index is 1.67. The SMILES string of the molecule is Nc1cccc(N2CCC(c3ccccc3)CC2)c1. The zero-order valence-corrected chi connectivity index (χ0v) is 11.1. The number of anilines is 2. The first-order valence-corrected chi connectivity index (χ1v) is 6.98. The predicted molar refractivity (Wildman–Crippen MR) is 81.5 cm³/mol. The molecule has 2 aromatic carbocycles. The summed E-state index contributed by atoms with van der Waals surface area (Å²) in [4.78, 5) is 2.44. The summed E-state index contributed by atoms with van der Waals surface area (Å²) in [5, 5.41) is 0. The van der Waals surface area contributed by atoms with Gasteiger partial charge >= 0.3 is 0 Å². The van der Waals surface area contributed by atoms with Crippen LogP contribution in [0.2, 0.25) is 0 Å². The summed E-state index contributed by atoms with van der Waals surface area (Å²) in [6.07, 6.45) is 2.44. The molecule has 3 rings (SSSR count). The van der Waals surface area contributed by atoms with Crippen LogP contribution in [0.15, 0.2) is 54.6 Å². The molecule has 2 nitrogen and oxygen atoms in total. The Hall–Kier alpha value is -1.96. The lowest BCUT2D eigenvalue weighted by Gasteiger charge is -2.34. The third-order valence-electron chi connectivity index (χ3n) is 4.00. The van der Waals surface area contributed by atoms with E-state index in [0.29, 0.717) is 5.92 Å². The van der Waals surface area contributed by atoms with Gasteiger partial charge in [0.25, 0.3) is 0 Å². The van der Waals surface area contributed by atoms with Crippen LogP contribution in [-0.2, 0) is 0 Å². The number of hydrogen-bond acceptors (Lipinski definition) is 2. The molecule has 19 heavy (non-hydrogen) atoms. The molecule has 0 unspecified atom stereocenters. The van der Waals surface area contributed by atoms with E-state index >= 15 is 0 Å². The molecule has 1 aliphatic rings. The molecule has 1 heterocycles. The Morgan fingerprint density at radius 2 is 1.63 bits per heavy atom. The van der Waals surface area contributed by atoms with E-state index in [1.54, 1.807) is 0 Å². The van der Waals surface area contributed by atoms with Crippen molar-refractivity contribution in [3.63, 3.8) is 0 Å². The van der Waals surface area contributed by atoms with E-state index in [-0.39, 0.29) is 0 Å². The largest absolute Gasteiger partial charge is 0.399 e. The highest BCUT2D eigenvalue weighted by molar-refractivity contribution is 5.56. The first kappa shape index (κ1) is 12.1. The molecule has 98 valence electrons. The first-order valence-electron chi connectivity index (χ1n) is 6.98. The maximum Gasteiger partial charge on any atom is 0.0386 e. The van der Waals surface area contributed by atoms with Gasteiger partial charge in [-0.2, -0.15) is 0 Å². The average molecular weight is 252 g/mol. The molecule has 0 spiro atoms. The van der Waals surface area contributed by atoms with Crippen LogP contribution in [0.5, 0.6) is 0 Å². The Morgan fingerprint density at radius 3 is 2.32 bits per heavy atom. The fourth-order valence-corrected chi connectivity index (χ4v) is 2.92. The van der Waals surface area contributed by atoms with Gasteiger partial charge in [0.15, 0.2) is 0 Å². The van der Waals surface area contributed by atoms with Crippen LogP contribution < -0.4 is 10.6 Å². The van der Waals surface area contributed by atoms with E-state index in [1.807, 2.05) is 12.1 Å². The molecule has 0 aliphatic carbocycles. The topological polar surface area (TPSA) is 29.3 Å². The molecule has 1 aliphatic heterocycles. The van der Waals surface area contributed by atoms with E-state index in [1.165, 1.54) is 24.1 Å². The summed E-state index contributed by atoms with van der Waals surface area (Å²) in [6, 6.07) is 19.1. The van der Waals surface area contributed by atoms with Crippen LogP contribution >= 0.6 is 0 Å². The zero-order chi connectivity index (χ0) is 13.1. The minimum absolute atomic E-state index is 0.707. The summed E-state index contributed by atoms with van der Waals surface area (Å²) < 4.78 is 0. The van der Waals surface area contributed by atoms with Crippen LogP contribution in [0.25, 0.3) is 0 Å². The number of nitrogen functional groups attached to an aromatic ring is 1. The molecule has 0 saturated carbocycles. The van der Waals surface area contributed by atoms with E-state index in [0.717, 1.165) is 18.8 Å². The van der Waals surface area contributed by atoms with Gasteiger partial charge < -0.3 is 10.6 Å². The van der Waals surface area contributed by atoms with Gasteiger partial charge in [0.1, 0.15) is 0 Å². The highest BCUT2D eigenvalue weighted by Crippen LogP contribution is 2.30. The molecule has 0 bridgehead atoms. The normalized spacial score (nSPS) is 16.5. The van der Waals surface area contributed by atoms with Crippen LogP contribution in [0.3, 0.4) is 0 Å². The minimum Gasteiger partial charge on any atom is -0.399 e. The van der Waals surface area contributed by atoms with Crippen molar-refractivity contribution in [3.8, 4) is 0 Å². The van der Waals surface area contributed by atoms with E-state index in [9.17, 15) is 0 Å². The second-order valence-electron chi connectivity index (χ2n) is 5.27.